The Morgan fingerprint density at radius 1 is 1.30 bits per heavy atom. The van der Waals surface area contributed by atoms with Crippen molar-refractivity contribution in [3.63, 3.8) is 0 Å². The Hall–Kier alpha value is -1.86. The van der Waals surface area contributed by atoms with E-state index in [1.807, 2.05) is 24.3 Å². The molecule has 0 bridgehead atoms. The number of amides is 2. The molecule has 0 aliphatic carbocycles. The summed E-state index contributed by atoms with van der Waals surface area (Å²) in [5.74, 6) is -1.18. The second-order valence-corrected chi connectivity index (χ2v) is 6.22. The van der Waals surface area contributed by atoms with Crippen molar-refractivity contribution in [3.05, 3.63) is 34.7 Å². The zero-order valence-electron chi connectivity index (χ0n) is 10.2. The molecule has 5 nitrogen and oxygen atoms in total. The Kier molecular flexibility index (Phi) is 3.23. The van der Waals surface area contributed by atoms with Crippen molar-refractivity contribution in [3.8, 4) is 0 Å². The predicted molar refractivity (Wildman–Crippen MR) is 77.2 cm³/mol. The van der Waals surface area contributed by atoms with Gasteiger partial charge in [-0.15, -0.1) is 11.3 Å². The molecule has 0 saturated carbocycles. The number of hydrogen-bond donors (Lipinski definition) is 1. The lowest BCUT2D eigenvalue weighted by molar-refractivity contribution is -0.125. The summed E-state index contributed by atoms with van der Waals surface area (Å²) >= 11 is 2.11. The summed E-state index contributed by atoms with van der Waals surface area (Å²) in [7, 11) is 0. The van der Waals surface area contributed by atoms with Crippen molar-refractivity contribution in [2.24, 2.45) is 0 Å². The largest absolute Gasteiger partial charge is 0.477 e. The van der Waals surface area contributed by atoms with Gasteiger partial charge in [0.25, 0.3) is 5.24 Å². The van der Waals surface area contributed by atoms with E-state index in [1.54, 1.807) is 0 Å². The maximum Gasteiger partial charge on any atom is 0.346 e. The SMILES string of the molecule is O=C(O)c1sc2ccccc2c1CN1C(=O)CSC1=O. The maximum atomic E-state index is 11.7. The average molecular weight is 307 g/mol. The zero-order valence-corrected chi connectivity index (χ0v) is 11.8. The molecule has 1 aromatic carbocycles. The Bertz CT molecular complexity index is 721. The number of rotatable bonds is 3. The van der Waals surface area contributed by atoms with Gasteiger partial charge in [-0.1, -0.05) is 30.0 Å². The second-order valence-electron chi connectivity index (χ2n) is 4.25. The van der Waals surface area contributed by atoms with E-state index in [-0.39, 0.29) is 28.3 Å². The highest BCUT2D eigenvalue weighted by Crippen LogP contribution is 2.33. The lowest BCUT2D eigenvalue weighted by atomic mass is 10.1. The van der Waals surface area contributed by atoms with Crippen molar-refractivity contribution in [2.45, 2.75) is 6.54 Å². The molecule has 2 aromatic rings. The minimum atomic E-state index is -1.03. The van der Waals surface area contributed by atoms with Crippen molar-refractivity contribution >= 4 is 50.3 Å². The standard InChI is InChI=1S/C13H9NO4S2/c15-10-6-19-13(18)14(10)5-8-7-3-1-2-4-9(7)20-11(8)12(16)17/h1-4H,5-6H2,(H,16,17). The molecule has 0 atom stereocenters. The summed E-state index contributed by atoms with van der Waals surface area (Å²) < 4.78 is 0.839. The van der Waals surface area contributed by atoms with E-state index in [1.165, 1.54) is 0 Å². The van der Waals surface area contributed by atoms with Gasteiger partial charge in [0.2, 0.25) is 5.91 Å². The minimum Gasteiger partial charge on any atom is -0.477 e. The molecule has 1 aromatic heterocycles. The summed E-state index contributed by atoms with van der Waals surface area (Å²) in [6.45, 7) is 0.0241. The highest BCUT2D eigenvalue weighted by atomic mass is 32.2. The Balaban J connectivity index is 2.09. The first-order valence-electron chi connectivity index (χ1n) is 5.78. The van der Waals surface area contributed by atoms with Crippen LogP contribution in [0.4, 0.5) is 4.79 Å². The van der Waals surface area contributed by atoms with Gasteiger partial charge < -0.3 is 5.11 Å². The average Bonchev–Trinajstić information content (AvgIpc) is 2.94. The number of imide groups is 1. The molecule has 1 aliphatic heterocycles. The van der Waals surface area contributed by atoms with Gasteiger partial charge in [0.05, 0.1) is 12.3 Å². The number of carboxylic acids is 1. The van der Waals surface area contributed by atoms with E-state index in [4.69, 9.17) is 0 Å². The van der Waals surface area contributed by atoms with Crippen LogP contribution in [-0.2, 0) is 11.3 Å². The molecule has 2 heterocycles. The smallest absolute Gasteiger partial charge is 0.346 e. The number of thioether (sulfide) groups is 1. The van der Waals surface area contributed by atoms with Gasteiger partial charge >= 0.3 is 5.97 Å². The summed E-state index contributed by atoms with van der Waals surface area (Å²) in [5, 5.41) is 9.76. The van der Waals surface area contributed by atoms with Crippen molar-refractivity contribution in [1.29, 1.82) is 0 Å². The summed E-state index contributed by atoms with van der Waals surface area (Å²) in [6, 6.07) is 7.28. The molecule has 1 saturated heterocycles. The van der Waals surface area contributed by atoms with E-state index in [9.17, 15) is 19.5 Å². The van der Waals surface area contributed by atoms with Crippen LogP contribution in [0.3, 0.4) is 0 Å². The number of carboxylic acid groups (broad SMARTS) is 1. The quantitative estimate of drug-likeness (QED) is 0.943. The Labute approximate surface area is 122 Å². The number of carbonyl (C=O) groups excluding carboxylic acids is 2. The molecule has 1 aliphatic rings. The first-order chi connectivity index (χ1) is 9.58. The molecular weight excluding hydrogens is 298 g/mol. The number of nitrogens with zero attached hydrogens (tertiary/aromatic N) is 1. The van der Waals surface area contributed by atoms with Gasteiger partial charge in [-0.3, -0.25) is 14.5 Å². The molecule has 1 fully saturated rings. The van der Waals surface area contributed by atoms with Gasteiger partial charge in [-0.05, 0) is 11.5 Å². The lowest BCUT2D eigenvalue weighted by Gasteiger charge is -2.12. The van der Waals surface area contributed by atoms with Crippen LogP contribution >= 0.6 is 23.1 Å². The molecule has 2 amide bonds. The molecule has 7 heteroatoms. The first kappa shape index (κ1) is 13.1. The highest BCUT2D eigenvalue weighted by Gasteiger charge is 2.32. The number of carbonyl (C=O) groups is 3. The molecule has 102 valence electrons. The van der Waals surface area contributed by atoms with Crippen LogP contribution in [0.1, 0.15) is 15.2 Å². The van der Waals surface area contributed by atoms with Gasteiger partial charge in [0.1, 0.15) is 4.88 Å². The molecule has 0 radical (unpaired) electrons. The fourth-order valence-corrected chi connectivity index (χ4v) is 3.90. The number of benzene rings is 1. The molecule has 20 heavy (non-hydrogen) atoms. The fraction of sp³-hybridized carbons (Fsp3) is 0.154. The minimum absolute atomic E-state index is 0.0241. The predicted octanol–water partition coefficient (Wildman–Crippen LogP) is 2.79. The van der Waals surface area contributed by atoms with Crippen molar-refractivity contribution < 1.29 is 19.5 Å². The monoisotopic (exact) mass is 307 g/mol. The Morgan fingerprint density at radius 3 is 2.70 bits per heavy atom. The third kappa shape index (κ3) is 2.08. The number of fused-ring (bicyclic) bond motifs is 1. The summed E-state index contributed by atoms with van der Waals surface area (Å²) in [6.07, 6.45) is 0. The van der Waals surface area contributed by atoms with E-state index in [2.05, 4.69) is 0 Å². The van der Waals surface area contributed by atoms with Crippen molar-refractivity contribution in [1.82, 2.24) is 4.90 Å². The molecule has 3 rings (SSSR count). The van der Waals surface area contributed by atoms with Crippen LogP contribution in [0, 0.1) is 0 Å². The number of thiophene rings is 1. The van der Waals surface area contributed by atoms with Crippen LogP contribution in [0.5, 0.6) is 0 Å². The zero-order chi connectivity index (χ0) is 14.3. The van der Waals surface area contributed by atoms with E-state index in [0.29, 0.717) is 5.56 Å². The summed E-state index contributed by atoms with van der Waals surface area (Å²) in [5.41, 5.74) is 0.530. The topological polar surface area (TPSA) is 74.7 Å². The van der Waals surface area contributed by atoms with E-state index >= 15 is 0 Å². The maximum absolute atomic E-state index is 11.7. The molecular formula is C13H9NO4S2. The third-order valence-corrected chi connectivity index (χ3v) is 5.11. The molecule has 1 N–H and O–H groups in total. The van der Waals surface area contributed by atoms with Crippen LogP contribution in [-0.4, -0.2) is 32.9 Å². The summed E-state index contributed by atoms with van der Waals surface area (Å²) in [4.78, 5) is 36.0. The van der Waals surface area contributed by atoms with Gasteiger partial charge in [0, 0.05) is 10.3 Å². The van der Waals surface area contributed by atoms with Crippen LogP contribution < -0.4 is 0 Å². The third-order valence-electron chi connectivity index (χ3n) is 3.05. The first-order valence-corrected chi connectivity index (χ1v) is 7.59. The van der Waals surface area contributed by atoms with E-state index < -0.39 is 5.97 Å². The van der Waals surface area contributed by atoms with Crippen molar-refractivity contribution in [2.75, 3.05) is 5.75 Å². The lowest BCUT2D eigenvalue weighted by Crippen LogP contribution is -2.28. The van der Waals surface area contributed by atoms with Crippen LogP contribution in [0.25, 0.3) is 10.1 Å². The van der Waals surface area contributed by atoms with E-state index in [0.717, 1.165) is 38.1 Å². The second kappa shape index (κ2) is 4.92. The van der Waals surface area contributed by atoms with Gasteiger partial charge in [-0.25, -0.2) is 4.79 Å². The molecule has 0 unspecified atom stereocenters. The van der Waals surface area contributed by atoms with Crippen LogP contribution in [0.2, 0.25) is 0 Å². The molecule has 0 spiro atoms. The normalized spacial score (nSPS) is 15.3. The van der Waals surface area contributed by atoms with Gasteiger partial charge in [0.15, 0.2) is 0 Å². The fourth-order valence-electron chi connectivity index (χ4n) is 2.12. The number of hydrogen-bond acceptors (Lipinski definition) is 5. The highest BCUT2D eigenvalue weighted by molar-refractivity contribution is 8.14. The Morgan fingerprint density at radius 2 is 2.05 bits per heavy atom. The number of aromatic carboxylic acids is 1. The van der Waals surface area contributed by atoms with Gasteiger partial charge in [-0.2, -0.15) is 0 Å². The van der Waals surface area contributed by atoms with Crippen LogP contribution in [0.15, 0.2) is 24.3 Å².